The van der Waals surface area contributed by atoms with Gasteiger partial charge in [0.1, 0.15) is 0 Å². The molecule has 5 aromatic carbocycles. The fraction of sp³-hybridized carbons (Fsp3) is 0.268. The number of allylic oxidation sites excluding steroid dienone is 2. The summed E-state index contributed by atoms with van der Waals surface area (Å²) >= 11 is -3.84. The summed E-state index contributed by atoms with van der Waals surface area (Å²) in [6, 6.07) is 31.7. The topological polar surface area (TPSA) is 0 Å². The third kappa shape index (κ3) is 2.50. The van der Waals surface area contributed by atoms with Gasteiger partial charge in [-0.3, -0.25) is 0 Å². The van der Waals surface area contributed by atoms with Crippen molar-refractivity contribution in [3.8, 4) is 0 Å². The first kappa shape index (κ1) is 25.5. The van der Waals surface area contributed by atoms with E-state index in [9.17, 15) is 0 Å². The van der Waals surface area contributed by atoms with Gasteiger partial charge in [-0.25, -0.2) is 0 Å². The molecule has 0 amide bonds. The van der Waals surface area contributed by atoms with Crippen LogP contribution in [0.1, 0.15) is 58.4 Å². The molecule has 0 N–H and O–H groups in total. The zero-order chi connectivity index (χ0) is 29.1. The molecule has 4 aliphatic carbocycles. The fourth-order valence-electron chi connectivity index (χ4n) is 12.5. The summed E-state index contributed by atoms with van der Waals surface area (Å²) in [4.78, 5) is 0. The predicted molar refractivity (Wildman–Crippen MR) is 184 cm³/mol. The zero-order valence-corrected chi connectivity index (χ0v) is 29.7. The van der Waals surface area contributed by atoms with Crippen LogP contribution in [-0.4, -0.2) is 8.80 Å². The zero-order valence-electron chi connectivity index (χ0n) is 26.1. The molecule has 0 radical (unpaired) electrons. The van der Waals surface area contributed by atoms with Crippen LogP contribution in [0.15, 0.2) is 90.0 Å². The Morgan fingerprint density at radius 1 is 0.558 bits per heavy atom. The van der Waals surface area contributed by atoms with E-state index in [0.29, 0.717) is 0 Å². The molecule has 2 spiro atoms. The molecule has 1 heterocycles. The molecule has 0 nitrogen and oxygen atoms in total. The molecule has 2 atom stereocenters. The summed E-state index contributed by atoms with van der Waals surface area (Å²) in [6.07, 6.45) is 10.1. The molecule has 1 saturated heterocycles. The molecule has 2 unspecified atom stereocenters. The van der Waals surface area contributed by atoms with Crippen molar-refractivity contribution in [2.45, 2.75) is 58.9 Å². The Morgan fingerprint density at radius 2 is 1.02 bits per heavy atom. The standard InChI is InChI=1S/C38H30Si.3CH3.Zr/c1-22-18-31-29-12-6-8-24-14-16-26(35(24)29)20-33(31)37(22)39(28-10-4-3-5-11-28)38-23(2)19-32-30-13-7-9-25-15-17-27(36(25)30)21-34(32)38;;;;/h3-13,18-21,39H,14-17H2,1-2H3;3*1H3;. The molecule has 211 valence electrons. The van der Waals surface area contributed by atoms with E-state index >= 15 is 0 Å². The molecule has 1 aliphatic heterocycles. The molecule has 0 saturated carbocycles. The molecule has 0 bridgehead atoms. The minimum atomic E-state index is -3.84. The average Bonchev–Trinajstić information content (AvgIpc) is 3.75. The van der Waals surface area contributed by atoms with E-state index in [1.165, 1.54) is 36.5 Å². The van der Waals surface area contributed by atoms with Crippen LogP contribution in [0, 0.1) is 0 Å². The van der Waals surface area contributed by atoms with E-state index < -0.39 is 27.6 Å². The van der Waals surface area contributed by atoms with Gasteiger partial charge in [0, 0.05) is 0 Å². The molecular weight excluding hydrogens is 612 g/mol. The molecule has 2 heteroatoms. The number of fused-ring (bicyclic) bond motifs is 6. The summed E-state index contributed by atoms with van der Waals surface area (Å²) in [7, 11) is -1.75. The quantitative estimate of drug-likeness (QED) is 0.159. The van der Waals surface area contributed by atoms with Gasteiger partial charge in [-0.2, -0.15) is 0 Å². The Hall–Kier alpha value is -2.80. The summed E-state index contributed by atoms with van der Waals surface area (Å²) in [6.45, 7) is 5.09. The molecule has 10 rings (SSSR count). The van der Waals surface area contributed by atoms with E-state index in [2.05, 4.69) is 119 Å². The monoisotopic (exact) mass is 649 g/mol. The third-order valence-corrected chi connectivity index (χ3v) is 51.0. The van der Waals surface area contributed by atoms with Gasteiger partial charge in [-0.05, 0) is 0 Å². The molecular formula is C41H39SiZr. The van der Waals surface area contributed by atoms with Crippen molar-refractivity contribution in [1.82, 2.24) is 0 Å². The molecule has 5 aromatic rings. The van der Waals surface area contributed by atoms with Crippen molar-refractivity contribution in [3.63, 3.8) is 0 Å². The first-order chi connectivity index (χ1) is 20.7. The van der Waals surface area contributed by atoms with Crippen molar-refractivity contribution in [1.29, 1.82) is 0 Å². The number of benzene rings is 5. The van der Waals surface area contributed by atoms with Crippen LogP contribution in [0.4, 0.5) is 0 Å². The van der Waals surface area contributed by atoms with Crippen molar-refractivity contribution in [3.05, 3.63) is 135 Å². The van der Waals surface area contributed by atoms with Crippen LogP contribution in [0.5, 0.6) is 0 Å². The number of hydrogen-bond acceptors (Lipinski definition) is 0. The van der Waals surface area contributed by atoms with E-state index in [1.807, 2.05) is 0 Å². The summed E-state index contributed by atoms with van der Waals surface area (Å²) < 4.78 is 9.08. The SMILES string of the molecule is CC1=Cc2c(cc3c4c(cccc24)CC3)[C]12[SiH](c1ccccc1)[C]1(C(C)=Cc3c1cc1c4c(cccc34)CC1)[Zr]2([CH3])([CH3])[CH3]. The third-order valence-electron chi connectivity index (χ3n) is 13.6. The van der Waals surface area contributed by atoms with Gasteiger partial charge in [0.2, 0.25) is 0 Å². The second-order valence-electron chi connectivity index (χ2n) is 15.9. The average molecular weight is 651 g/mol. The van der Waals surface area contributed by atoms with Gasteiger partial charge in [-0.15, -0.1) is 0 Å². The molecule has 5 aliphatic rings. The van der Waals surface area contributed by atoms with Gasteiger partial charge in [0.05, 0.1) is 0 Å². The molecule has 43 heavy (non-hydrogen) atoms. The number of rotatable bonds is 1. The number of aryl methyl sites for hydroxylation is 4. The van der Waals surface area contributed by atoms with Crippen molar-refractivity contribution < 1.29 is 18.8 Å². The summed E-state index contributed by atoms with van der Waals surface area (Å²) in [5, 5.41) is 7.85. The van der Waals surface area contributed by atoms with Crippen LogP contribution >= 0.6 is 0 Å². The second kappa shape index (κ2) is 7.70. The first-order valence-electron chi connectivity index (χ1n) is 16.5. The Balaban J connectivity index is 1.35. The molecule has 0 aromatic heterocycles. The van der Waals surface area contributed by atoms with E-state index in [-0.39, 0.29) is 5.49 Å². The van der Waals surface area contributed by atoms with Crippen LogP contribution in [0.2, 0.25) is 13.9 Å². The number of hydrogen-bond donors (Lipinski definition) is 0. The minimum absolute atomic E-state index is 0.217. The van der Waals surface area contributed by atoms with Crippen molar-refractivity contribution in [2.75, 3.05) is 0 Å². The van der Waals surface area contributed by atoms with Gasteiger partial charge in [-0.1, -0.05) is 0 Å². The van der Waals surface area contributed by atoms with E-state index in [0.717, 1.165) is 0 Å². The van der Waals surface area contributed by atoms with Crippen LogP contribution < -0.4 is 5.19 Å². The van der Waals surface area contributed by atoms with Crippen molar-refractivity contribution >= 4 is 47.7 Å². The van der Waals surface area contributed by atoms with E-state index in [4.69, 9.17) is 0 Å². The van der Waals surface area contributed by atoms with Crippen LogP contribution in [0.25, 0.3) is 33.7 Å². The summed E-state index contributed by atoms with van der Waals surface area (Å²) in [5.41, 5.74) is 16.3. The molecule has 1 fully saturated rings. The van der Waals surface area contributed by atoms with Gasteiger partial charge >= 0.3 is 260 Å². The Labute approximate surface area is 258 Å². The maximum absolute atomic E-state index is 3.84. The van der Waals surface area contributed by atoms with Gasteiger partial charge in [0.25, 0.3) is 0 Å². The Bertz CT molecular complexity index is 2070. The fourth-order valence-corrected chi connectivity index (χ4v) is 54.2. The Morgan fingerprint density at radius 3 is 1.51 bits per heavy atom. The van der Waals surface area contributed by atoms with Crippen molar-refractivity contribution in [2.24, 2.45) is 0 Å². The van der Waals surface area contributed by atoms with Gasteiger partial charge < -0.3 is 0 Å². The van der Waals surface area contributed by atoms with E-state index in [1.54, 1.807) is 71.6 Å². The van der Waals surface area contributed by atoms with Crippen LogP contribution in [0.3, 0.4) is 0 Å². The predicted octanol–water partition coefficient (Wildman–Crippen LogP) is 9.18. The summed E-state index contributed by atoms with van der Waals surface area (Å²) in [5.74, 6) is 0. The maximum atomic E-state index is 2.88. The second-order valence-corrected chi connectivity index (χ2v) is 41.3. The van der Waals surface area contributed by atoms with Gasteiger partial charge in [0.15, 0.2) is 0 Å². The first-order valence-corrected chi connectivity index (χ1v) is 28.1. The van der Waals surface area contributed by atoms with Crippen LogP contribution in [-0.2, 0) is 50.0 Å². The normalized spacial score (nSPS) is 29.0. The Kier molecular flexibility index (Phi) is 4.57.